The van der Waals surface area contributed by atoms with Crippen LogP contribution in [0.15, 0.2) is 35.3 Å². The summed E-state index contributed by atoms with van der Waals surface area (Å²) < 4.78 is 0. The maximum absolute atomic E-state index is 4.44. The van der Waals surface area contributed by atoms with Crippen molar-refractivity contribution >= 4 is 11.6 Å². The lowest BCUT2D eigenvalue weighted by atomic mass is 9.97. The van der Waals surface area contributed by atoms with E-state index in [2.05, 4.69) is 62.7 Å². The van der Waals surface area contributed by atoms with Crippen LogP contribution in [-0.2, 0) is 0 Å². The van der Waals surface area contributed by atoms with Crippen LogP contribution in [0.2, 0.25) is 0 Å². The number of benzene rings is 1. The van der Waals surface area contributed by atoms with Crippen molar-refractivity contribution in [2.75, 3.05) is 51.2 Å². The summed E-state index contributed by atoms with van der Waals surface area (Å²) in [5, 5.41) is 7.19. The molecule has 0 radical (unpaired) electrons. The molecule has 0 saturated carbocycles. The molecule has 0 amide bonds. The van der Waals surface area contributed by atoms with Gasteiger partial charge in [0, 0.05) is 38.4 Å². The third kappa shape index (κ3) is 5.37. The molecule has 2 N–H and O–H groups in total. The zero-order valence-electron chi connectivity index (χ0n) is 16.5. The highest BCUT2D eigenvalue weighted by Crippen LogP contribution is 2.20. The number of piperidine rings is 1. The Morgan fingerprint density at radius 1 is 1.12 bits per heavy atom. The third-order valence-corrected chi connectivity index (χ3v) is 5.68. The van der Waals surface area contributed by atoms with Crippen LogP contribution in [0.3, 0.4) is 0 Å². The highest BCUT2D eigenvalue weighted by molar-refractivity contribution is 5.80. The second kappa shape index (κ2) is 9.81. The van der Waals surface area contributed by atoms with Gasteiger partial charge in [-0.2, -0.15) is 0 Å². The number of likely N-dealkylation sites (tertiary alicyclic amines) is 1. The van der Waals surface area contributed by atoms with Crippen molar-refractivity contribution in [3.8, 4) is 0 Å². The molecule has 0 spiro atoms. The molecule has 0 aliphatic carbocycles. The van der Waals surface area contributed by atoms with Crippen LogP contribution in [0, 0.1) is 5.92 Å². The van der Waals surface area contributed by atoms with Gasteiger partial charge in [-0.1, -0.05) is 25.1 Å². The van der Waals surface area contributed by atoms with E-state index in [0.29, 0.717) is 6.04 Å². The van der Waals surface area contributed by atoms with Gasteiger partial charge in [0.25, 0.3) is 0 Å². The zero-order valence-corrected chi connectivity index (χ0v) is 16.5. The molecular formula is C21H35N5. The molecule has 1 unspecified atom stereocenters. The monoisotopic (exact) mass is 357 g/mol. The van der Waals surface area contributed by atoms with Gasteiger partial charge >= 0.3 is 0 Å². The molecule has 3 rings (SSSR count). The Balaban J connectivity index is 1.39. The highest BCUT2D eigenvalue weighted by atomic mass is 15.2. The largest absolute Gasteiger partial charge is 0.369 e. The Morgan fingerprint density at radius 2 is 1.88 bits per heavy atom. The fraction of sp³-hybridized carbons (Fsp3) is 0.667. The molecule has 5 heteroatoms. The molecule has 144 valence electrons. The van der Waals surface area contributed by atoms with Gasteiger partial charge in [0.05, 0.1) is 0 Å². The molecule has 1 aromatic carbocycles. The fourth-order valence-electron chi connectivity index (χ4n) is 4.11. The molecular weight excluding hydrogens is 322 g/mol. The molecule has 0 aromatic heterocycles. The summed E-state index contributed by atoms with van der Waals surface area (Å²) in [7, 11) is 1.88. The number of hydrogen-bond acceptors (Lipinski definition) is 3. The summed E-state index contributed by atoms with van der Waals surface area (Å²) in [6, 6.07) is 11.2. The van der Waals surface area contributed by atoms with Crippen molar-refractivity contribution in [1.82, 2.24) is 15.5 Å². The summed E-state index contributed by atoms with van der Waals surface area (Å²) in [5.41, 5.74) is 1.32. The predicted octanol–water partition coefficient (Wildman–Crippen LogP) is 2.55. The Bertz CT molecular complexity index is 551. The van der Waals surface area contributed by atoms with Crippen LogP contribution < -0.4 is 15.5 Å². The first-order chi connectivity index (χ1) is 12.8. The Kier molecular flexibility index (Phi) is 7.18. The predicted molar refractivity (Wildman–Crippen MR) is 111 cm³/mol. The second-order valence-electron chi connectivity index (χ2n) is 7.65. The van der Waals surface area contributed by atoms with E-state index in [1.807, 2.05) is 7.05 Å². The summed E-state index contributed by atoms with van der Waals surface area (Å²) in [6.07, 6.45) is 5.02. The van der Waals surface area contributed by atoms with E-state index in [1.54, 1.807) is 0 Å². The van der Waals surface area contributed by atoms with Gasteiger partial charge < -0.3 is 20.4 Å². The lowest BCUT2D eigenvalue weighted by Gasteiger charge is -2.32. The minimum absolute atomic E-state index is 0.466. The number of hydrogen-bond donors (Lipinski definition) is 2. The van der Waals surface area contributed by atoms with Crippen molar-refractivity contribution < 1.29 is 0 Å². The quantitative estimate of drug-likeness (QED) is 0.607. The molecule has 5 nitrogen and oxygen atoms in total. The number of nitrogens with zero attached hydrogens (tertiary/aromatic N) is 3. The number of guanidine groups is 1. The lowest BCUT2D eigenvalue weighted by molar-refractivity contribution is 0.185. The third-order valence-electron chi connectivity index (χ3n) is 5.68. The van der Waals surface area contributed by atoms with Gasteiger partial charge in [0.2, 0.25) is 0 Å². The van der Waals surface area contributed by atoms with Crippen LogP contribution in [0.4, 0.5) is 5.69 Å². The van der Waals surface area contributed by atoms with E-state index < -0.39 is 0 Å². The molecule has 2 saturated heterocycles. The maximum Gasteiger partial charge on any atom is 0.191 e. The average Bonchev–Trinajstić information content (AvgIpc) is 3.16. The highest BCUT2D eigenvalue weighted by Gasteiger charge is 2.24. The Morgan fingerprint density at radius 3 is 2.58 bits per heavy atom. The van der Waals surface area contributed by atoms with E-state index in [1.165, 1.54) is 44.6 Å². The maximum atomic E-state index is 4.44. The van der Waals surface area contributed by atoms with Gasteiger partial charge in [-0.25, -0.2) is 0 Å². The van der Waals surface area contributed by atoms with Crippen molar-refractivity contribution in [2.45, 2.75) is 38.6 Å². The second-order valence-corrected chi connectivity index (χ2v) is 7.65. The van der Waals surface area contributed by atoms with Crippen molar-refractivity contribution in [3.63, 3.8) is 0 Å². The number of anilines is 1. The minimum atomic E-state index is 0.466. The molecule has 2 fully saturated rings. The van der Waals surface area contributed by atoms with E-state index in [-0.39, 0.29) is 0 Å². The summed E-state index contributed by atoms with van der Waals surface area (Å²) in [5.74, 6) is 1.73. The molecule has 1 aromatic rings. The zero-order chi connectivity index (χ0) is 18.2. The molecule has 2 aliphatic heterocycles. The van der Waals surface area contributed by atoms with Crippen LogP contribution in [0.1, 0.15) is 32.6 Å². The lowest BCUT2D eigenvalue weighted by Crippen LogP contribution is -2.47. The fourth-order valence-corrected chi connectivity index (χ4v) is 4.11. The van der Waals surface area contributed by atoms with E-state index >= 15 is 0 Å². The van der Waals surface area contributed by atoms with Crippen LogP contribution in [0.5, 0.6) is 0 Å². The van der Waals surface area contributed by atoms with Gasteiger partial charge in [-0.05, 0) is 63.4 Å². The first kappa shape index (κ1) is 19.0. The van der Waals surface area contributed by atoms with Gasteiger partial charge in [0.1, 0.15) is 0 Å². The standard InChI is InChI=1S/C21H35N5/c1-3-12-25-13-9-18(10-14-25)16-23-21(22-2)24-19-11-15-26(17-19)20-7-5-4-6-8-20/h4-8,18-19H,3,9-17H2,1-2H3,(H2,22,23,24). The van der Waals surface area contributed by atoms with E-state index in [4.69, 9.17) is 0 Å². The first-order valence-corrected chi connectivity index (χ1v) is 10.3. The summed E-state index contributed by atoms with van der Waals surface area (Å²) in [6.45, 7) is 9.21. The van der Waals surface area contributed by atoms with E-state index in [9.17, 15) is 0 Å². The van der Waals surface area contributed by atoms with Crippen LogP contribution in [-0.4, -0.2) is 63.2 Å². The molecule has 2 aliphatic rings. The van der Waals surface area contributed by atoms with Crippen molar-refractivity contribution in [2.24, 2.45) is 10.9 Å². The minimum Gasteiger partial charge on any atom is -0.369 e. The smallest absolute Gasteiger partial charge is 0.191 e. The number of rotatable bonds is 6. The number of nitrogens with one attached hydrogen (secondary N) is 2. The van der Waals surface area contributed by atoms with E-state index in [0.717, 1.165) is 37.9 Å². The van der Waals surface area contributed by atoms with Crippen LogP contribution in [0.25, 0.3) is 0 Å². The Hall–Kier alpha value is -1.75. The van der Waals surface area contributed by atoms with Crippen LogP contribution >= 0.6 is 0 Å². The molecule has 26 heavy (non-hydrogen) atoms. The van der Waals surface area contributed by atoms with Gasteiger partial charge in [-0.3, -0.25) is 4.99 Å². The molecule has 2 heterocycles. The van der Waals surface area contributed by atoms with Gasteiger partial charge in [-0.15, -0.1) is 0 Å². The summed E-state index contributed by atoms with van der Waals surface area (Å²) in [4.78, 5) is 9.49. The topological polar surface area (TPSA) is 42.9 Å². The van der Waals surface area contributed by atoms with Crippen molar-refractivity contribution in [3.05, 3.63) is 30.3 Å². The normalized spacial score (nSPS) is 22.6. The number of aliphatic imine (C=N–C) groups is 1. The molecule has 1 atom stereocenters. The average molecular weight is 358 g/mol. The van der Waals surface area contributed by atoms with Crippen molar-refractivity contribution in [1.29, 1.82) is 0 Å². The number of para-hydroxylation sites is 1. The van der Waals surface area contributed by atoms with Gasteiger partial charge in [0.15, 0.2) is 5.96 Å². The SMILES string of the molecule is CCCN1CCC(CNC(=NC)NC2CCN(c3ccccc3)C2)CC1. The first-order valence-electron chi connectivity index (χ1n) is 10.3. The Labute approximate surface area is 158 Å². The summed E-state index contributed by atoms with van der Waals surface area (Å²) >= 11 is 0. The molecule has 0 bridgehead atoms.